The van der Waals surface area contributed by atoms with Crippen LogP contribution in [0.3, 0.4) is 0 Å². The van der Waals surface area contributed by atoms with Crippen LogP contribution in [0.15, 0.2) is 24.3 Å². The molecule has 2 N–H and O–H groups in total. The van der Waals surface area contributed by atoms with Gasteiger partial charge in [0.2, 0.25) is 0 Å². The van der Waals surface area contributed by atoms with Crippen LogP contribution in [0, 0.1) is 0 Å². The van der Waals surface area contributed by atoms with Gasteiger partial charge in [-0.05, 0) is 43.9 Å². The SMILES string of the molecule is CCc1ccccc1NS(=O)(=O)N(C)CCCNC1CC1. The fourth-order valence-corrected chi connectivity index (χ4v) is 3.16. The van der Waals surface area contributed by atoms with Gasteiger partial charge in [0.05, 0.1) is 5.69 Å². The molecule has 0 aliphatic heterocycles. The topological polar surface area (TPSA) is 61.4 Å². The normalized spacial score (nSPS) is 15.4. The largest absolute Gasteiger partial charge is 0.314 e. The number of anilines is 1. The number of para-hydroxylation sites is 1. The van der Waals surface area contributed by atoms with E-state index in [4.69, 9.17) is 0 Å². The van der Waals surface area contributed by atoms with Gasteiger partial charge in [-0.1, -0.05) is 25.1 Å². The molecule has 5 nitrogen and oxygen atoms in total. The van der Waals surface area contributed by atoms with Crippen LogP contribution < -0.4 is 10.0 Å². The molecule has 1 fully saturated rings. The molecule has 6 heteroatoms. The molecule has 1 aromatic rings. The molecule has 1 saturated carbocycles. The predicted octanol–water partition coefficient (Wildman–Crippen LogP) is 1.98. The Morgan fingerprint density at radius 1 is 1.29 bits per heavy atom. The number of rotatable bonds is 9. The van der Waals surface area contributed by atoms with Gasteiger partial charge in [0.25, 0.3) is 0 Å². The van der Waals surface area contributed by atoms with Crippen molar-refractivity contribution < 1.29 is 8.42 Å². The van der Waals surface area contributed by atoms with E-state index in [0.717, 1.165) is 24.9 Å². The van der Waals surface area contributed by atoms with E-state index in [1.54, 1.807) is 13.1 Å². The van der Waals surface area contributed by atoms with Crippen molar-refractivity contribution >= 4 is 15.9 Å². The van der Waals surface area contributed by atoms with E-state index in [9.17, 15) is 8.42 Å². The lowest BCUT2D eigenvalue weighted by Crippen LogP contribution is -2.35. The smallest absolute Gasteiger partial charge is 0.301 e. The Morgan fingerprint density at radius 2 is 2.00 bits per heavy atom. The summed E-state index contributed by atoms with van der Waals surface area (Å²) in [4.78, 5) is 0. The third-order valence-corrected chi connectivity index (χ3v) is 5.19. The molecule has 0 heterocycles. The lowest BCUT2D eigenvalue weighted by Gasteiger charge is -2.19. The molecule has 0 bridgehead atoms. The van der Waals surface area contributed by atoms with Crippen LogP contribution >= 0.6 is 0 Å². The van der Waals surface area contributed by atoms with Gasteiger partial charge < -0.3 is 5.32 Å². The highest BCUT2D eigenvalue weighted by Gasteiger charge is 2.21. The molecule has 21 heavy (non-hydrogen) atoms. The highest BCUT2D eigenvalue weighted by atomic mass is 32.2. The van der Waals surface area contributed by atoms with E-state index in [1.165, 1.54) is 17.1 Å². The maximum Gasteiger partial charge on any atom is 0.301 e. The van der Waals surface area contributed by atoms with Gasteiger partial charge in [0, 0.05) is 19.6 Å². The van der Waals surface area contributed by atoms with Crippen LogP contribution in [0.4, 0.5) is 5.69 Å². The maximum atomic E-state index is 12.3. The van der Waals surface area contributed by atoms with E-state index in [2.05, 4.69) is 10.0 Å². The molecular formula is C15H25N3O2S. The highest BCUT2D eigenvalue weighted by Crippen LogP contribution is 2.19. The van der Waals surface area contributed by atoms with Gasteiger partial charge in [-0.3, -0.25) is 4.72 Å². The number of nitrogens with zero attached hydrogens (tertiary/aromatic N) is 1. The van der Waals surface area contributed by atoms with Crippen molar-refractivity contribution in [1.29, 1.82) is 0 Å². The van der Waals surface area contributed by atoms with Gasteiger partial charge in [-0.2, -0.15) is 12.7 Å². The molecule has 0 radical (unpaired) electrons. The second kappa shape index (κ2) is 7.24. The van der Waals surface area contributed by atoms with E-state index in [-0.39, 0.29) is 0 Å². The zero-order valence-corrected chi connectivity index (χ0v) is 13.6. The van der Waals surface area contributed by atoms with Crippen LogP contribution in [-0.2, 0) is 16.6 Å². The van der Waals surface area contributed by atoms with Crippen LogP contribution in [0.2, 0.25) is 0 Å². The van der Waals surface area contributed by atoms with E-state index >= 15 is 0 Å². The average molecular weight is 311 g/mol. The zero-order valence-electron chi connectivity index (χ0n) is 12.8. The van der Waals surface area contributed by atoms with Crippen LogP contribution in [0.1, 0.15) is 31.7 Å². The molecule has 118 valence electrons. The molecule has 0 amide bonds. The molecule has 0 spiro atoms. The monoisotopic (exact) mass is 311 g/mol. The Hall–Kier alpha value is -1.11. The molecule has 1 aromatic carbocycles. The average Bonchev–Trinajstić information content (AvgIpc) is 3.27. The molecule has 2 rings (SSSR count). The van der Waals surface area contributed by atoms with E-state index < -0.39 is 10.2 Å². The third kappa shape index (κ3) is 4.98. The number of hydrogen-bond donors (Lipinski definition) is 2. The summed E-state index contributed by atoms with van der Waals surface area (Å²) >= 11 is 0. The third-order valence-electron chi connectivity index (χ3n) is 3.71. The lowest BCUT2D eigenvalue weighted by atomic mass is 10.1. The molecule has 0 saturated heterocycles. The summed E-state index contributed by atoms with van der Waals surface area (Å²) in [7, 11) is -1.86. The van der Waals surface area contributed by atoms with Crippen molar-refractivity contribution in [2.45, 2.75) is 38.6 Å². The van der Waals surface area contributed by atoms with Gasteiger partial charge in [-0.15, -0.1) is 0 Å². The Bertz CT molecular complexity index is 556. The fourth-order valence-electron chi connectivity index (χ4n) is 2.16. The molecular weight excluding hydrogens is 286 g/mol. The van der Waals surface area contributed by atoms with E-state index in [0.29, 0.717) is 18.3 Å². The number of benzene rings is 1. The maximum absolute atomic E-state index is 12.3. The standard InChI is InChI=1S/C15H25N3O2S/c1-3-13-7-4-5-8-15(13)17-21(19,20)18(2)12-6-11-16-14-9-10-14/h4-5,7-8,14,16-17H,3,6,9-12H2,1-2H3. The molecule has 0 unspecified atom stereocenters. The van der Waals surface area contributed by atoms with Crippen LogP contribution in [0.25, 0.3) is 0 Å². The van der Waals surface area contributed by atoms with Crippen LogP contribution in [-0.4, -0.2) is 38.9 Å². The van der Waals surface area contributed by atoms with E-state index in [1.807, 2.05) is 25.1 Å². The Labute approximate surface area is 127 Å². The summed E-state index contributed by atoms with van der Waals surface area (Å²) in [5.41, 5.74) is 1.67. The molecule has 1 aliphatic rings. The summed E-state index contributed by atoms with van der Waals surface area (Å²) in [5.74, 6) is 0. The Morgan fingerprint density at radius 3 is 2.67 bits per heavy atom. The molecule has 0 atom stereocenters. The lowest BCUT2D eigenvalue weighted by molar-refractivity contribution is 0.458. The summed E-state index contributed by atoms with van der Waals surface area (Å²) in [6, 6.07) is 8.18. The molecule has 0 aromatic heterocycles. The van der Waals surface area contributed by atoms with Gasteiger partial charge >= 0.3 is 10.2 Å². The Kier molecular flexibility index (Phi) is 5.61. The van der Waals surface area contributed by atoms with Crippen molar-refractivity contribution in [3.8, 4) is 0 Å². The fraction of sp³-hybridized carbons (Fsp3) is 0.600. The summed E-state index contributed by atoms with van der Waals surface area (Å²) in [6.07, 6.45) is 4.13. The summed E-state index contributed by atoms with van der Waals surface area (Å²) in [5, 5.41) is 3.39. The van der Waals surface area contributed by atoms with Crippen molar-refractivity contribution in [1.82, 2.24) is 9.62 Å². The van der Waals surface area contributed by atoms with Crippen LogP contribution in [0.5, 0.6) is 0 Å². The first-order chi connectivity index (χ1) is 10.0. The summed E-state index contributed by atoms with van der Waals surface area (Å²) < 4.78 is 28.7. The first kappa shape index (κ1) is 16.3. The second-order valence-corrected chi connectivity index (χ2v) is 7.30. The predicted molar refractivity (Wildman–Crippen MR) is 86.6 cm³/mol. The molecule has 1 aliphatic carbocycles. The first-order valence-corrected chi connectivity index (χ1v) is 9.02. The van der Waals surface area contributed by atoms with Gasteiger partial charge in [-0.25, -0.2) is 0 Å². The Balaban J connectivity index is 1.86. The zero-order chi connectivity index (χ0) is 15.3. The first-order valence-electron chi connectivity index (χ1n) is 7.58. The second-order valence-electron chi connectivity index (χ2n) is 5.52. The van der Waals surface area contributed by atoms with Crippen molar-refractivity contribution in [2.24, 2.45) is 0 Å². The van der Waals surface area contributed by atoms with Crippen molar-refractivity contribution in [3.63, 3.8) is 0 Å². The highest BCUT2D eigenvalue weighted by molar-refractivity contribution is 7.90. The summed E-state index contributed by atoms with van der Waals surface area (Å²) in [6.45, 7) is 3.40. The van der Waals surface area contributed by atoms with Crippen molar-refractivity contribution in [3.05, 3.63) is 29.8 Å². The van der Waals surface area contributed by atoms with Gasteiger partial charge in [0.15, 0.2) is 0 Å². The number of hydrogen-bond acceptors (Lipinski definition) is 3. The van der Waals surface area contributed by atoms with Crippen molar-refractivity contribution in [2.75, 3.05) is 24.9 Å². The minimum absolute atomic E-state index is 0.517. The quantitative estimate of drug-likeness (QED) is 0.686. The minimum atomic E-state index is -3.48. The number of aryl methyl sites for hydroxylation is 1. The van der Waals surface area contributed by atoms with Gasteiger partial charge in [0.1, 0.15) is 0 Å². The minimum Gasteiger partial charge on any atom is -0.314 e. The number of nitrogens with one attached hydrogen (secondary N) is 2.